The molecule has 0 N–H and O–H groups in total. The normalized spacial score (nSPS) is 13.7. The van der Waals surface area contributed by atoms with Gasteiger partial charge in [0.05, 0.1) is 0 Å². The Morgan fingerprint density at radius 3 is 2.06 bits per heavy atom. The molecular formula is C14H19NO. The molecule has 2 heteroatoms. The summed E-state index contributed by atoms with van der Waals surface area (Å²) in [5.41, 5.74) is 3.42. The average Bonchev–Trinajstić information content (AvgIpc) is 2.18. The van der Waals surface area contributed by atoms with Crippen molar-refractivity contribution in [3.63, 3.8) is 0 Å². The Hall–Kier alpha value is -1.57. The highest BCUT2D eigenvalue weighted by atomic mass is 16.2. The van der Waals surface area contributed by atoms with Gasteiger partial charge in [0, 0.05) is 18.7 Å². The maximum atomic E-state index is 11.0. The van der Waals surface area contributed by atoms with E-state index in [-0.39, 0.29) is 5.91 Å². The zero-order valence-electron chi connectivity index (χ0n) is 10.3. The molecule has 0 atom stereocenters. The SMILES string of the molecule is C=C(C)C.Cc1ccc(N2CCC2=O)cc1. The van der Waals surface area contributed by atoms with Gasteiger partial charge in [-0.05, 0) is 32.9 Å². The zero-order chi connectivity index (χ0) is 12.1. The van der Waals surface area contributed by atoms with Gasteiger partial charge in [0.1, 0.15) is 0 Å². The minimum absolute atomic E-state index is 0.235. The zero-order valence-corrected chi connectivity index (χ0v) is 10.3. The molecule has 2 rings (SSSR count). The number of allylic oxidation sites excluding steroid dienone is 1. The monoisotopic (exact) mass is 217 g/mol. The molecule has 0 aromatic heterocycles. The molecule has 1 aromatic rings. The van der Waals surface area contributed by atoms with Gasteiger partial charge in [-0.15, -0.1) is 6.58 Å². The van der Waals surface area contributed by atoms with Crippen molar-refractivity contribution in [2.45, 2.75) is 27.2 Å². The van der Waals surface area contributed by atoms with Crippen LogP contribution >= 0.6 is 0 Å². The number of nitrogens with zero attached hydrogens (tertiary/aromatic N) is 1. The first kappa shape index (κ1) is 12.5. The average molecular weight is 217 g/mol. The molecule has 0 saturated carbocycles. The minimum Gasteiger partial charge on any atom is -0.312 e. The second kappa shape index (κ2) is 5.50. The van der Waals surface area contributed by atoms with Gasteiger partial charge < -0.3 is 4.90 Å². The third-order valence-electron chi connectivity index (χ3n) is 2.20. The Morgan fingerprint density at radius 1 is 1.25 bits per heavy atom. The highest BCUT2D eigenvalue weighted by molar-refractivity contribution is 5.99. The molecule has 0 aliphatic carbocycles. The van der Waals surface area contributed by atoms with Gasteiger partial charge in [-0.25, -0.2) is 0 Å². The molecule has 86 valence electrons. The van der Waals surface area contributed by atoms with E-state index >= 15 is 0 Å². The summed E-state index contributed by atoms with van der Waals surface area (Å²) in [6, 6.07) is 8.04. The second-order valence-electron chi connectivity index (χ2n) is 4.34. The van der Waals surface area contributed by atoms with Crippen LogP contribution in [0.5, 0.6) is 0 Å². The van der Waals surface area contributed by atoms with Crippen LogP contribution in [0.2, 0.25) is 0 Å². The third kappa shape index (κ3) is 3.54. The largest absolute Gasteiger partial charge is 0.312 e. The van der Waals surface area contributed by atoms with E-state index in [1.807, 2.05) is 45.0 Å². The van der Waals surface area contributed by atoms with E-state index in [0.717, 1.165) is 12.2 Å². The number of aryl methyl sites for hydroxylation is 1. The van der Waals surface area contributed by atoms with Crippen LogP contribution in [0.4, 0.5) is 5.69 Å². The van der Waals surface area contributed by atoms with Crippen molar-refractivity contribution in [3.8, 4) is 0 Å². The summed E-state index contributed by atoms with van der Waals surface area (Å²) in [5, 5.41) is 0. The number of β-lactam (4-membered cyclic amide) rings is 1. The molecule has 1 aliphatic heterocycles. The fourth-order valence-electron chi connectivity index (χ4n) is 1.31. The van der Waals surface area contributed by atoms with Crippen molar-refractivity contribution in [2.24, 2.45) is 0 Å². The van der Waals surface area contributed by atoms with Gasteiger partial charge in [-0.3, -0.25) is 4.79 Å². The molecule has 0 unspecified atom stereocenters. The fraction of sp³-hybridized carbons (Fsp3) is 0.357. The standard InChI is InChI=1S/C10H11NO.C4H8/c1-8-2-4-9(5-3-8)11-7-6-10(11)12;1-4(2)3/h2-5H,6-7H2,1H3;1H2,2-3H3. The number of anilines is 1. The van der Waals surface area contributed by atoms with E-state index < -0.39 is 0 Å². The maximum absolute atomic E-state index is 11.0. The molecule has 1 saturated heterocycles. The highest BCUT2D eigenvalue weighted by Crippen LogP contribution is 2.21. The van der Waals surface area contributed by atoms with Crippen LogP contribution in [-0.4, -0.2) is 12.5 Å². The quantitative estimate of drug-likeness (QED) is 0.522. The number of carbonyl (C=O) groups is 1. The molecule has 1 aromatic carbocycles. The molecule has 0 bridgehead atoms. The number of benzene rings is 1. The molecule has 16 heavy (non-hydrogen) atoms. The van der Waals surface area contributed by atoms with Crippen molar-refractivity contribution in [1.29, 1.82) is 0 Å². The highest BCUT2D eigenvalue weighted by Gasteiger charge is 2.24. The molecule has 1 fully saturated rings. The van der Waals surface area contributed by atoms with Crippen LogP contribution in [0.1, 0.15) is 25.8 Å². The first-order chi connectivity index (χ1) is 7.50. The summed E-state index contributed by atoms with van der Waals surface area (Å²) in [4.78, 5) is 12.8. The molecule has 1 aliphatic rings. The first-order valence-electron chi connectivity index (χ1n) is 5.50. The number of amides is 1. The number of hydrogen-bond acceptors (Lipinski definition) is 1. The van der Waals surface area contributed by atoms with Gasteiger partial charge in [0.25, 0.3) is 0 Å². The molecule has 0 radical (unpaired) electrons. The Balaban J connectivity index is 0.000000280. The van der Waals surface area contributed by atoms with Crippen molar-refractivity contribution in [1.82, 2.24) is 0 Å². The van der Waals surface area contributed by atoms with E-state index in [2.05, 4.69) is 6.58 Å². The van der Waals surface area contributed by atoms with Crippen LogP contribution in [0, 0.1) is 6.92 Å². The van der Waals surface area contributed by atoms with Gasteiger partial charge >= 0.3 is 0 Å². The van der Waals surface area contributed by atoms with Crippen molar-refractivity contribution >= 4 is 11.6 Å². The smallest absolute Gasteiger partial charge is 0.228 e. The summed E-state index contributed by atoms with van der Waals surface area (Å²) in [7, 11) is 0. The lowest BCUT2D eigenvalue weighted by molar-refractivity contribution is -0.122. The first-order valence-corrected chi connectivity index (χ1v) is 5.50. The van der Waals surface area contributed by atoms with E-state index in [0.29, 0.717) is 6.42 Å². The lowest BCUT2D eigenvalue weighted by Crippen LogP contribution is -2.43. The predicted octanol–water partition coefficient (Wildman–Crippen LogP) is 3.31. The van der Waals surface area contributed by atoms with Crippen molar-refractivity contribution in [3.05, 3.63) is 42.0 Å². The van der Waals surface area contributed by atoms with E-state index in [9.17, 15) is 4.79 Å². The lowest BCUT2D eigenvalue weighted by Gasteiger charge is -2.30. The molecule has 2 nitrogen and oxygen atoms in total. The number of rotatable bonds is 1. The van der Waals surface area contributed by atoms with Gasteiger partial charge in [-0.2, -0.15) is 0 Å². The molecule has 1 amide bonds. The number of carbonyl (C=O) groups excluding carboxylic acids is 1. The summed E-state index contributed by atoms with van der Waals surface area (Å²) in [5.74, 6) is 0.235. The van der Waals surface area contributed by atoms with Crippen LogP contribution in [0.25, 0.3) is 0 Å². The minimum atomic E-state index is 0.235. The Morgan fingerprint density at radius 2 is 1.75 bits per heavy atom. The van der Waals surface area contributed by atoms with Gasteiger partial charge in [0.2, 0.25) is 5.91 Å². The summed E-state index contributed by atoms with van der Waals surface area (Å²) >= 11 is 0. The van der Waals surface area contributed by atoms with Crippen LogP contribution in [0.3, 0.4) is 0 Å². The summed E-state index contributed by atoms with van der Waals surface area (Å²) in [6.07, 6.45) is 0.702. The molecule has 1 heterocycles. The topological polar surface area (TPSA) is 20.3 Å². The van der Waals surface area contributed by atoms with Gasteiger partial charge in [-0.1, -0.05) is 23.3 Å². The van der Waals surface area contributed by atoms with Crippen LogP contribution < -0.4 is 4.90 Å². The Bertz CT molecular complexity index is 374. The van der Waals surface area contributed by atoms with E-state index in [4.69, 9.17) is 0 Å². The predicted molar refractivity (Wildman–Crippen MR) is 68.6 cm³/mol. The summed E-state index contributed by atoms with van der Waals surface area (Å²) in [6.45, 7) is 10.4. The van der Waals surface area contributed by atoms with E-state index in [1.54, 1.807) is 4.90 Å². The Kier molecular flexibility index (Phi) is 4.29. The molecule has 0 spiro atoms. The number of hydrogen-bond donors (Lipinski definition) is 0. The fourth-order valence-corrected chi connectivity index (χ4v) is 1.31. The third-order valence-corrected chi connectivity index (χ3v) is 2.20. The van der Waals surface area contributed by atoms with Crippen LogP contribution in [0.15, 0.2) is 36.4 Å². The van der Waals surface area contributed by atoms with Crippen molar-refractivity contribution < 1.29 is 4.79 Å². The lowest BCUT2D eigenvalue weighted by atomic mass is 10.1. The van der Waals surface area contributed by atoms with E-state index in [1.165, 1.54) is 11.1 Å². The Labute approximate surface area is 97.6 Å². The van der Waals surface area contributed by atoms with Gasteiger partial charge in [0.15, 0.2) is 0 Å². The maximum Gasteiger partial charge on any atom is 0.228 e. The van der Waals surface area contributed by atoms with Crippen molar-refractivity contribution in [2.75, 3.05) is 11.4 Å². The summed E-state index contributed by atoms with van der Waals surface area (Å²) < 4.78 is 0. The molecular weight excluding hydrogens is 198 g/mol. The van der Waals surface area contributed by atoms with Crippen LogP contribution in [-0.2, 0) is 4.79 Å². The second-order valence-corrected chi connectivity index (χ2v) is 4.34.